The molecule has 1 aromatic carbocycles. The molecular formula is C19H14N6O2S3. The molecule has 0 aliphatic carbocycles. The molecule has 0 aliphatic heterocycles. The van der Waals surface area contributed by atoms with Gasteiger partial charge in [-0.25, -0.2) is 4.98 Å². The maximum absolute atomic E-state index is 12.7. The minimum atomic E-state index is -0.336. The molecule has 0 bridgehead atoms. The van der Waals surface area contributed by atoms with Crippen molar-refractivity contribution in [2.75, 3.05) is 5.32 Å². The number of fused-ring (bicyclic) bond motifs is 1. The molecule has 30 heavy (non-hydrogen) atoms. The lowest BCUT2D eigenvalue weighted by Gasteiger charge is -2.00. The molecular weight excluding hydrogens is 440 g/mol. The second-order valence-corrected chi connectivity index (χ2v) is 9.52. The molecule has 3 aromatic heterocycles. The van der Waals surface area contributed by atoms with Crippen LogP contribution in [0.3, 0.4) is 0 Å². The van der Waals surface area contributed by atoms with Gasteiger partial charge in [0.15, 0.2) is 4.34 Å². The molecule has 8 nitrogen and oxygen atoms in total. The van der Waals surface area contributed by atoms with E-state index in [1.807, 2.05) is 12.1 Å². The number of amides is 1. The van der Waals surface area contributed by atoms with Gasteiger partial charge in [0.1, 0.15) is 4.83 Å². The van der Waals surface area contributed by atoms with Crippen molar-refractivity contribution in [1.82, 2.24) is 19.7 Å². The Morgan fingerprint density at radius 2 is 2.03 bits per heavy atom. The van der Waals surface area contributed by atoms with Crippen molar-refractivity contribution in [3.05, 3.63) is 62.5 Å². The number of nitrogens with zero attached hydrogens (tertiary/aromatic N) is 5. The van der Waals surface area contributed by atoms with E-state index in [0.29, 0.717) is 37.1 Å². The first-order valence-electron chi connectivity index (χ1n) is 8.67. The molecule has 150 valence electrons. The van der Waals surface area contributed by atoms with Crippen molar-refractivity contribution in [2.24, 2.45) is 7.05 Å². The van der Waals surface area contributed by atoms with E-state index in [2.05, 4.69) is 26.6 Å². The number of thioether (sulfide) groups is 1. The summed E-state index contributed by atoms with van der Waals surface area (Å²) in [6.45, 7) is 1.75. The van der Waals surface area contributed by atoms with Crippen LogP contribution >= 0.6 is 34.4 Å². The van der Waals surface area contributed by atoms with Crippen LogP contribution in [0.2, 0.25) is 0 Å². The lowest BCUT2D eigenvalue weighted by molar-refractivity contribution is 0.103. The summed E-state index contributed by atoms with van der Waals surface area (Å²) >= 11 is 3.96. The number of nitrogens with one attached hydrogen (secondary N) is 1. The number of hydrogen-bond acceptors (Lipinski definition) is 9. The van der Waals surface area contributed by atoms with E-state index in [-0.39, 0.29) is 11.5 Å². The number of aromatic nitrogens is 4. The largest absolute Gasteiger partial charge is 0.302 e. The Labute approximate surface area is 183 Å². The molecule has 0 saturated carbocycles. The van der Waals surface area contributed by atoms with Gasteiger partial charge in [-0.1, -0.05) is 35.2 Å². The van der Waals surface area contributed by atoms with Crippen molar-refractivity contribution >= 4 is 55.7 Å². The van der Waals surface area contributed by atoms with Crippen LogP contribution in [0.1, 0.15) is 26.4 Å². The lowest BCUT2D eigenvalue weighted by Crippen LogP contribution is -2.17. The molecule has 0 saturated heterocycles. The smallest absolute Gasteiger partial charge is 0.267 e. The lowest BCUT2D eigenvalue weighted by atomic mass is 10.2. The fourth-order valence-corrected chi connectivity index (χ4v) is 5.46. The average molecular weight is 455 g/mol. The normalized spacial score (nSPS) is 10.8. The summed E-state index contributed by atoms with van der Waals surface area (Å²) in [5.41, 5.74) is 2.12. The van der Waals surface area contributed by atoms with Crippen LogP contribution in [0.15, 0.2) is 39.7 Å². The number of thiophene rings is 1. The highest BCUT2D eigenvalue weighted by molar-refractivity contribution is 8.00. The zero-order chi connectivity index (χ0) is 21.3. The first kappa shape index (κ1) is 20.2. The Kier molecular flexibility index (Phi) is 5.63. The van der Waals surface area contributed by atoms with Gasteiger partial charge < -0.3 is 4.57 Å². The summed E-state index contributed by atoms with van der Waals surface area (Å²) in [6, 6.07) is 9.44. The summed E-state index contributed by atoms with van der Waals surface area (Å²) < 4.78 is 2.12. The van der Waals surface area contributed by atoms with E-state index < -0.39 is 0 Å². The highest BCUT2D eigenvalue weighted by atomic mass is 32.2. The molecule has 3 heterocycles. The van der Waals surface area contributed by atoms with Gasteiger partial charge in [-0.3, -0.25) is 14.9 Å². The molecule has 0 fully saturated rings. The van der Waals surface area contributed by atoms with E-state index in [0.717, 1.165) is 9.90 Å². The van der Waals surface area contributed by atoms with Gasteiger partial charge in [0.2, 0.25) is 5.13 Å². The summed E-state index contributed by atoms with van der Waals surface area (Å²) in [7, 11) is 1.63. The monoisotopic (exact) mass is 454 g/mol. The van der Waals surface area contributed by atoms with E-state index in [1.54, 1.807) is 26.1 Å². The van der Waals surface area contributed by atoms with Crippen LogP contribution in [0.4, 0.5) is 5.13 Å². The Bertz CT molecular complexity index is 1350. The van der Waals surface area contributed by atoms with E-state index in [1.165, 1.54) is 45.3 Å². The van der Waals surface area contributed by atoms with Gasteiger partial charge in [-0.15, -0.1) is 21.5 Å². The van der Waals surface area contributed by atoms with Gasteiger partial charge in [-0.2, -0.15) is 5.26 Å². The first-order chi connectivity index (χ1) is 14.5. The molecule has 1 N–H and O–H groups in total. The first-order valence-corrected chi connectivity index (χ1v) is 11.3. The van der Waals surface area contributed by atoms with Gasteiger partial charge in [0.05, 0.1) is 28.2 Å². The van der Waals surface area contributed by atoms with E-state index >= 15 is 0 Å². The third-order valence-electron chi connectivity index (χ3n) is 4.29. The predicted molar refractivity (Wildman–Crippen MR) is 118 cm³/mol. The van der Waals surface area contributed by atoms with Gasteiger partial charge >= 0.3 is 0 Å². The number of carbonyl (C=O) groups is 1. The fraction of sp³-hybridized carbons (Fsp3) is 0.158. The maximum Gasteiger partial charge on any atom is 0.267 e. The third-order valence-corrected chi connectivity index (χ3v) is 7.53. The van der Waals surface area contributed by atoms with Crippen LogP contribution in [-0.4, -0.2) is 25.7 Å². The molecule has 0 spiro atoms. The van der Waals surface area contributed by atoms with E-state index in [4.69, 9.17) is 5.26 Å². The molecule has 1 amide bonds. The number of carbonyl (C=O) groups excluding carboxylic acids is 1. The van der Waals surface area contributed by atoms with Crippen molar-refractivity contribution in [1.29, 1.82) is 5.26 Å². The average Bonchev–Trinajstić information content (AvgIpc) is 3.34. The molecule has 4 rings (SSSR count). The predicted octanol–water partition coefficient (Wildman–Crippen LogP) is 3.57. The zero-order valence-electron chi connectivity index (χ0n) is 15.9. The molecule has 4 aromatic rings. The minimum absolute atomic E-state index is 0.176. The minimum Gasteiger partial charge on any atom is -0.302 e. The number of aryl methyl sites for hydroxylation is 2. The van der Waals surface area contributed by atoms with Crippen molar-refractivity contribution in [3.63, 3.8) is 0 Å². The van der Waals surface area contributed by atoms with Crippen molar-refractivity contribution in [3.8, 4) is 6.07 Å². The Hall–Kier alpha value is -3.07. The topological polar surface area (TPSA) is 114 Å². The molecule has 0 unspecified atom stereocenters. The van der Waals surface area contributed by atoms with Gasteiger partial charge in [0, 0.05) is 12.8 Å². The number of anilines is 1. The van der Waals surface area contributed by atoms with Crippen LogP contribution in [0.5, 0.6) is 0 Å². The number of rotatable bonds is 5. The summed E-state index contributed by atoms with van der Waals surface area (Å²) in [5.74, 6) is 0.343. The Balaban J connectivity index is 1.46. The molecule has 0 aliphatic rings. The standard InChI is InChI=1S/C19H14N6O2S3/c1-10-13-16(21-9-25(2)17(13)27)29-14(10)15(26)22-18-23-24-19(30-18)28-8-12-5-3-11(7-20)4-6-12/h3-6,9H,8H2,1-2H3,(H,22,23,26). The zero-order valence-corrected chi connectivity index (χ0v) is 18.3. The highest BCUT2D eigenvalue weighted by Crippen LogP contribution is 2.30. The van der Waals surface area contributed by atoms with Crippen LogP contribution in [-0.2, 0) is 12.8 Å². The second-order valence-electron chi connectivity index (χ2n) is 6.32. The SMILES string of the molecule is Cc1c(C(=O)Nc2nnc(SCc3ccc(C#N)cc3)s2)sc2ncn(C)c(=O)c12. The Morgan fingerprint density at radius 1 is 1.27 bits per heavy atom. The quantitative estimate of drug-likeness (QED) is 0.362. The molecule has 0 atom stereocenters. The summed E-state index contributed by atoms with van der Waals surface area (Å²) in [4.78, 5) is 30.3. The van der Waals surface area contributed by atoms with Crippen LogP contribution in [0, 0.1) is 18.3 Å². The van der Waals surface area contributed by atoms with Crippen LogP contribution < -0.4 is 10.9 Å². The van der Waals surface area contributed by atoms with Crippen molar-refractivity contribution in [2.45, 2.75) is 17.0 Å². The Morgan fingerprint density at radius 3 is 2.77 bits per heavy atom. The highest BCUT2D eigenvalue weighted by Gasteiger charge is 2.20. The number of benzene rings is 1. The number of nitriles is 1. The molecule has 0 radical (unpaired) electrons. The molecule has 11 heteroatoms. The number of hydrogen-bond donors (Lipinski definition) is 1. The van der Waals surface area contributed by atoms with Crippen molar-refractivity contribution < 1.29 is 4.79 Å². The summed E-state index contributed by atoms with van der Waals surface area (Å²) in [6.07, 6.45) is 1.45. The maximum atomic E-state index is 12.7. The van der Waals surface area contributed by atoms with E-state index in [9.17, 15) is 9.59 Å². The van der Waals surface area contributed by atoms with Crippen LogP contribution in [0.25, 0.3) is 10.2 Å². The third kappa shape index (κ3) is 3.97. The van der Waals surface area contributed by atoms with Gasteiger partial charge in [0.25, 0.3) is 11.5 Å². The summed E-state index contributed by atoms with van der Waals surface area (Å²) in [5, 5.41) is 20.6. The van der Waals surface area contributed by atoms with Gasteiger partial charge in [-0.05, 0) is 30.2 Å². The second kappa shape index (κ2) is 8.35. The fourth-order valence-electron chi connectivity index (χ4n) is 2.72.